The fourth-order valence-corrected chi connectivity index (χ4v) is 3.86. The van der Waals surface area contributed by atoms with Gasteiger partial charge in [0.25, 0.3) is 5.56 Å². The van der Waals surface area contributed by atoms with Crippen LogP contribution in [0.15, 0.2) is 39.8 Å². The molecule has 0 spiro atoms. The van der Waals surface area contributed by atoms with Gasteiger partial charge in [-0.3, -0.25) is 14.7 Å². The van der Waals surface area contributed by atoms with Crippen molar-refractivity contribution >= 4 is 15.9 Å². The highest BCUT2D eigenvalue weighted by molar-refractivity contribution is 7.90. The van der Waals surface area contributed by atoms with Crippen LogP contribution in [0.25, 0.3) is 6.08 Å². The van der Waals surface area contributed by atoms with Gasteiger partial charge in [-0.05, 0) is 17.7 Å². The lowest BCUT2D eigenvalue weighted by atomic mass is 10.0. The number of fused-ring (bicyclic) bond motifs is 2. The van der Waals surface area contributed by atoms with Gasteiger partial charge in [0.2, 0.25) is 15.0 Å². The second-order valence-electron chi connectivity index (χ2n) is 6.66. The zero-order valence-electron chi connectivity index (χ0n) is 14.4. The molecule has 0 unspecified atom stereocenters. The van der Waals surface area contributed by atoms with Crippen LogP contribution in [0.5, 0.6) is 5.75 Å². The summed E-state index contributed by atoms with van der Waals surface area (Å²) in [6, 6.07) is 7.89. The normalized spacial score (nSPS) is 17.0. The largest absolute Gasteiger partial charge is 0.489 e. The van der Waals surface area contributed by atoms with Gasteiger partial charge in [-0.15, -0.1) is 0 Å². The summed E-state index contributed by atoms with van der Waals surface area (Å²) in [5.41, 5.74) is 2.94. The van der Waals surface area contributed by atoms with Crippen LogP contribution in [0.1, 0.15) is 16.8 Å². The SMILES string of the molecule is CS(=O)(=O)c1nc2c(c(=O)[nH]1)CN(CC1=Cc3ccccc3OC1)CC2. The summed E-state index contributed by atoms with van der Waals surface area (Å²) in [6.07, 6.45) is 3.72. The first-order valence-electron chi connectivity index (χ1n) is 8.36. The van der Waals surface area contributed by atoms with Crippen LogP contribution in [-0.4, -0.2) is 49.2 Å². The molecular weight excluding hydrogens is 354 g/mol. The average Bonchev–Trinajstić information content (AvgIpc) is 2.61. The van der Waals surface area contributed by atoms with Crippen molar-refractivity contribution in [3.8, 4) is 5.75 Å². The first kappa shape index (κ1) is 17.0. The number of aromatic nitrogens is 2. The Labute approximate surface area is 151 Å². The average molecular weight is 373 g/mol. The monoisotopic (exact) mass is 373 g/mol. The lowest BCUT2D eigenvalue weighted by Gasteiger charge is -2.29. The summed E-state index contributed by atoms with van der Waals surface area (Å²) in [5, 5.41) is -0.255. The van der Waals surface area contributed by atoms with Crippen molar-refractivity contribution in [1.29, 1.82) is 0 Å². The van der Waals surface area contributed by atoms with Crippen molar-refractivity contribution in [3.63, 3.8) is 0 Å². The van der Waals surface area contributed by atoms with E-state index >= 15 is 0 Å². The minimum atomic E-state index is -3.53. The Kier molecular flexibility index (Phi) is 4.16. The van der Waals surface area contributed by atoms with Gasteiger partial charge in [-0.25, -0.2) is 13.4 Å². The second kappa shape index (κ2) is 6.37. The van der Waals surface area contributed by atoms with E-state index < -0.39 is 9.84 Å². The van der Waals surface area contributed by atoms with E-state index in [4.69, 9.17) is 4.74 Å². The molecule has 0 aliphatic carbocycles. The molecule has 8 heteroatoms. The first-order chi connectivity index (χ1) is 12.4. The maximum Gasteiger partial charge on any atom is 0.256 e. The number of sulfone groups is 1. The Morgan fingerprint density at radius 1 is 1.31 bits per heavy atom. The fourth-order valence-electron chi connectivity index (χ4n) is 3.31. The topological polar surface area (TPSA) is 92.4 Å². The number of para-hydroxylation sites is 1. The Morgan fingerprint density at radius 3 is 2.92 bits per heavy atom. The molecule has 2 aromatic rings. The molecule has 1 aromatic heterocycles. The van der Waals surface area contributed by atoms with Crippen LogP contribution in [0.3, 0.4) is 0 Å². The Morgan fingerprint density at radius 2 is 2.12 bits per heavy atom. The lowest BCUT2D eigenvalue weighted by molar-refractivity contribution is 0.253. The molecule has 26 heavy (non-hydrogen) atoms. The first-order valence-corrected chi connectivity index (χ1v) is 10.2. The van der Waals surface area contributed by atoms with Crippen molar-refractivity contribution in [3.05, 3.63) is 57.0 Å². The number of aromatic amines is 1. The molecule has 0 saturated heterocycles. The van der Waals surface area contributed by atoms with Crippen molar-refractivity contribution in [2.75, 3.05) is 26.0 Å². The van der Waals surface area contributed by atoms with Crippen LogP contribution in [-0.2, 0) is 22.8 Å². The van der Waals surface area contributed by atoms with Gasteiger partial charge in [0.1, 0.15) is 12.4 Å². The predicted octanol–water partition coefficient (Wildman–Crippen LogP) is 1.01. The molecule has 2 aliphatic rings. The maximum absolute atomic E-state index is 12.3. The summed E-state index contributed by atoms with van der Waals surface area (Å²) in [6.45, 7) is 2.38. The highest BCUT2D eigenvalue weighted by Crippen LogP contribution is 2.26. The van der Waals surface area contributed by atoms with Crippen molar-refractivity contribution in [1.82, 2.24) is 14.9 Å². The number of nitrogens with zero attached hydrogens (tertiary/aromatic N) is 2. The minimum absolute atomic E-state index is 0.255. The van der Waals surface area contributed by atoms with Gasteiger partial charge < -0.3 is 4.74 Å². The van der Waals surface area contributed by atoms with Crippen molar-refractivity contribution < 1.29 is 13.2 Å². The van der Waals surface area contributed by atoms with Crippen molar-refractivity contribution in [2.24, 2.45) is 0 Å². The maximum atomic E-state index is 12.3. The molecule has 4 rings (SSSR count). The summed E-state index contributed by atoms with van der Waals surface area (Å²) >= 11 is 0. The number of hydrogen-bond donors (Lipinski definition) is 1. The Hall–Kier alpha value is -2.45. The standard InChI is InChI=1S/C18H19N3O4S/c1-26(23,24)18-19-15-6-7-21(10-14(15)17(22)20-18)9-12-8-13-4-2-3-5-16(13)25-11-12/h2-5,8H,6-7,9-11H2,1H3,(H,19,20,22). The third-order valence-corrected chi connectivity index (χ3v) is 5.49. The van der Waals surface area contributed by atoms with Gasteiger partial charge in [-0.2, -0.15) is 0 Å². The lowest BCUT2D eigenvalue weighted by Crippen LogP contribution is -2.38. The number of rotatable bonds is 3. The van der Waals surface area contributed by atoms with E-state index in [2.05, 4.69) is 20.9 Å². The van der Waals surface area contributed by atoms with Gasteiger partial charge >= 0.3 is 0 Å². The molecule has 1 N–H and O–H groups in total. The van der Waals surface area contributed by atoms with Crippen LogP contribution in [0, 0.1) is 0 Å². The molecule has 7 nitrogen and oxygen atoms in total. The number of nitrogens with one attached hydrogen (secondary N) is 1. The zero-order valence-corrected chi connectivity index (χ0v) is 15.2. The molecule has 0 atom stereocenters. The molecule has 0 amide bonds. The quantitative estimate of drug-likeness (QED) is 0.807. The molecule has 0 fully saturated rings. The summed E-state index contributed by atoms with van der Waals surface area (Å²) in [4.78, 5) is 21.0. The predicted molar refractivity (Wildman–Crippen MR) is 96.9 cm³/mol. The van der Waals surface area contributed by atoms with E-state index in [1.807, 2.05) is 24.3 Å². The van der Waals surface area contributed by atoms with Gasteiger partial charge in [0.05, 0.1) is 11.3 Å². The van der Waals surface area contributed by atoms with Gasteiger partial charge in [-0.1, -0.05) is 18.2 Å². The molecule has 3 heterocycles. The summed E-state index contributed by atoms with van der Waals surface area (Å²) in [5.74, 6) is 0.884. The van der Waals surface area contributed by atoms with E-state index in [0.29, 0.717) is 43.9 Å². The molecule has 1 aromatic carbocycles. The highest BCUT2D eigenvalue weighted by Gasteiger charge is 2.24. The van der Waals surface area contributed by atoms with Crippen LogP contribution >= 0.6 is 0 Å². The van der Waals surface area contributed by atoms with E-state index in [9.17, 15) is 13.2 Å². The summed E-state index contributed by atoms with van der Waals surface area (Å²) in [7, 11) is -3.53. The van der Waals surface area contributed by atoms with E-state index in [0.717, 1.165) is 23.1 Å². The molecule has 0 saturated carbocycles. The molecular formula is C18H19N3O4S. The van der Waals surface area contributed by atoms with Gasteiger partial charge in [0, 0.05) is 37.9 Å². The molecule has 2 aliphatic heterocycles. The van der Waals surface area contributed by atoms with Crippen molar-refractivity contribution in [2.45, 2.75) is 18.1 Å². The Bertz CT molecular complexity index is 1060. The fraction of sp³-hybridized carbons (Fsp3) is 0.333. The molecule has 136 valence electrons. The second-order valence-corrected chi connectivity index (χ2v) is 8.59. The number of hydrogen-bond acceptors (Lipinski definition) is 6. The van der Waals surface area contributed by atoms with Crippen LogP contribution in [0.4, 0.5) is 0 Å². The number of ether oxygens (including phenoxy) is 1. The summed E-state index contributed by atoms with van der Waals surface area (Å²) < 4.78 is 29.1. The minimum Gasteiger partial charge on any atom is -0.489 e. The van der Waals surface area contributed by atoms with E-state index in [1.165, 1.54) is 0 Å². The Balaban J connectivity index is 1.55. The van der Waals surface area contributed by atoms with Crippen LogP contribution in [0.2, 0.25) is 0 Å². The number of benzene rings is 1. The molecule has 0 bridgehead atoms. The van der Waals surface area contributed by atoms with Crippen LogP contribution < -0.4 is 10.3 Å². The van der Waals surface area contributed by atoms with E-state index in [1.54, 1.807) is 0 Å². The van der Waals surface area contributed by atoms with Gasteiger partial charge in [0.15, 0.2) is 0 Å². The third-order valence-electron chi connectivity index (χ3n) is 4.60. The smallest absolute Gasteiger partial charge is 0.256 e. The highest BCUT2D eigenvalue weighted by atomic mass is 32.2. The third kappa shape index (κ3) is 3.30. The number of H-pyrrole nitrogens is 1. The zero-order chi connectivity index (χ0) is 18.3. The van der Waals surface area contributed by atoms with E-state index in [-0.39, 0.29) is 10.7 Å². The molecule has 0 radical (unpaired) electrons.